The molecule has 0 fully saturated rings. The van der Waals surface area contributed by atoms with Gasteiger partial charge in [-0.25, -0.2) is 12.8 Å². The largest absolute Gasteiger partial charge is 0.325 e. The molecular formula is C21H24FN3O4S. The van der Waals surface area contributed by atoms with Gasteiger partial charge in [-0.05, 0) is 61.7 Å². The van der Waals surface area contributed by atoms with Crippen LogP contribution in [-0.4, -0.2) is 44.2 Å². The van der Waals surface area contributed by atoms with Crippen LogP contribution in [0.25, 0.3) is 0 Å². The van der Waals surface area contributed by atoms with Crippen LogP contribution in [0.3, 0.4) is 0 Å². The van der Waals surface area contributed by atoms with E-state index >= 15 is 0 Å². The van der Waals surface area contributed by atoms with Gasteiger partial charge in [0.1, 0.15) is 5.82 Å². The molecule has 0 bridgehead atoms. The molecule has 30 heavy (non-hydrogen) atoms. The third-order valence-electron chi connectivity index (χ3n) is 5.14. The third kappa shape index (κ3) is 4.22. The number of rotatable bonds is 5. The van der Waals surface area contributed by atoms with Crippen molar-refractivity contribution < 1.29 is 22.4 Å². The van der Waals surface area contributed by atoms with Gasteiger partial charge >= 0.3 is 0 Å². The molecule has 0 saturated heterocycles. The Morgan fingerprint density at radius 3 is 2.57 bits per heavy atom. The molecule has 0 radical (unpaired) electrons. The zero-order chi connectivity index (χ0) is 22.2. The van der Waals surface area contributed by atoms with Crippen molar-refractivity contribution in [1.29, 1.82) is 0 Å². The molecule has 160 valence electrons. The van der Waals surface area contributed by atoms with Crippen LogP contribution in [0.5, 0.6) is 0 Å². The van der Waals surface area contributed by atoms with Crippen molar-refractivity contribution in [2.75, 3.05) is 23.8 Å². The first-order chi connectivity index (χ1) is 14.0. The van der Waals surface area contributed by atoms with E-state index in [-0.39, 0.29) is 22.5 Å². The fraction of sp³-hybridized carbons (Fsp3) is 0.333. The molecule has 1 N–H and O–H groups in total. The van der Waals surface area contributed by atoms with Gasteiger partial charge in [-0.1, -0.05) is 6.07 Å². The van der Waals surface area contributed by atoms with E-state index in [1.54, 1.807) is 30.0 Å². The molecule has 0 saturated carbocycles. The van der Waals surface area contributed by atoms with Crippen molar-refractivity contribution in [3.8, 4) is 0 Å². The second kappa shape index (κ2) is 8.16. The summed E-state index contributed by atoms with van der Waals surface area (Å²) in [4.78, 5) is 25.8. The first kappa shape index (κ1) is 21.9. The molecular weight excluding hydrogens is 409 g/mol. The van der Waals surface area contributed by atoms with E-state index < -0.39 is 28.3 Å². The molecule has 1 aliphatic heterocycles. The van der Waals surface area contributed by atoms with Gasteiger partial charge in [0.15, 0.2) is 0 Å². The molecule has 7 nitrogen and oxygen atoms in total. The number of carbonyl (C=O) groups excluding carboxylic acids is 2. The average molecular weight is 434 g/mol. The lowest BCUT2D eigenvalue weighted by Crippen LogP contribution is -2.35. The highest BCUT2D eigenvalue weighted by molar-refractivity contribution is 7.89. The number of nitrogens with zero attached hydrogens (tertiary/aromatic N) is 2. The summed E-state index contributed by atoms with van der Waals surface area (Å²) >= 11 is 0. The number of halogens is 1. The maximum absolute atomic E-state index is 13.6. The van der Waals surface area contributed by atoms with E-state index in [2.05, 4.69) is 5.32 Å². The molecule has 2 amide bonds. The monoisotopic (exact) mass is 433 g/mol. The Morgan fingerprint density at radius 2 is 1.93 bits per heavy atom. The summed E-state index contributed by atoms with van der Waals surface area (Å²) in [6.07, 6.45) is 0.557. The summed E-state index contributed by atoms with van der Waals surface area (Å²) in [6, 6.07) is 8.82. The highest BCUT2D eigenvalue weighted by Gasteiger charge is 2.31. The van der Waals surface area contributed by atoms with Gasteiger partial charge in [0.05, 0.1) is 11.4 Å². The van der Waals surface area contributed by atoms with Crippen LogP contribution >= 0.6 is 0 Å². The molecule has 0 aliphatic carbocycles. The summed E-state index contributed by atoms with van der Waals surface area (Å²) in [5, 5.41) is 2.50. The van der Waals surface area contributed by atoms with E-state index in [9.17, 15) is 22.4 Å². The van der Waals surface area contributed by atoms with E-state index in [4.69, 9.17) is 0 Å². The van der Waals surface area contributed by atoms with Crippen molar-refractivity contribution >= 4 is 33.2 Å². The number of benzene rings is 2. The molecule has 2 aromatic carbocycles. The first-order valence-electron chi connectivity index (χ1n) is 9.45. The van der Waals surface area contributed by atoms with E-state index in [0.29, 0.717) is 17.7 Å². The quantitative estimate of drug-likeness (QED) is 0.786. The van der Waals surface area contributed by atoms with E-state index in [0.717, 1.165) is 9.87 Å². The standard InChI is InChI=1S/C21H24FN3O4S/c1-13-5-6-17(11-19(13)22)23-21(27)12-24(4)30(28,29)18-7-8-20-16(10-18)9-14(2)25(20)15(3)26/h5-8,10-11,14H,9,12H2,1-4H3,(H,23,27)/t14-/m0/s1. The minimum absolute atomic E-state index is 0.0473. The van der Waals surface area contributed by atoms with E-state index in [1.165, 1.54) is 32.2 Å². The maximum atomic E-state index is 13.6. The fourth-order valence-corrected chi connectivity index (χ4v) is 4.76. The Morgan fingerprint density at radius 1 is 1.23 bits per heavy atom. The van der Waals surface area contributed by atoms with Gasteiger partial charge in [0.2, 0.25) is 21.8 Å². The van der Waals surface area contributed by atoms with Gasteiger partial charge in [-0.2, -0.15) is 4.31 Å². The van der Waals surface area contributed by atoms with Crippen LogP contribution in [-0.2, 0) is 26.0 Å². The number of likely N-dealkylation sites (N-methyl/N-ethyl adjacent to an activating group) is 1. The first-order valence-corrected chi connectivity index (χ1v) is 10.9. The van der Waals surface area contributed by atoms with Gasteiger partial charge in [-0.3, -0.25) is 9.59 Å². The van der Waals surface area contributed by atoms with Crippen molar-refractivity contribution in [2.45, 2.75) is 38.1 Å². The van der Waals surface area contributed by atoms with Crippen molar-refractivity contribution in [2.24, 2.45) is 0 Å². The summed E-state index contributed by atoms with van der Waals surface area (Å²) in [6.45, 7) is 4.56. The molecule has 0 aromatic heterocycles. The predicted molar refractivity (Wildman–Crippen MR) is 112 cm³/mol. The minimum atomic E-state index is -3.92. The van der Waals surface area contributed by atoms with Crippen LogP contribution < -0.4 is 10.2 Å². The Bertz CT molecular complexity index is 1120. The molecule has 1 aliphatic rings. The van der Waals surface area contributed by atoms with Crippen LogP contribution in [0.1, 0.15) is 25.0 Å². The Labute approximate surface area is 175 Å². The number of aryl methyl sites for hydroxylation is 1. The Balaban J connectivity index is 1.75. The fourth-order valence-electron chi connectivity index (χ4n) is 3.59. The SMILES string of the molecule is CC(=O)N1c2ccc(S(=O)(=O)N(C)CC(=O)Nc3ccc(C)c(F)c3)cc2C[C@@H]1C. The second-order valence-electron chi connectivity index (χ2n) is 7.51. The molecule has 0 spiro atoms. The molecule has 3 rings (SSSR count). The van der Waals surface area contributed by atoms with E-state index in [1.807, 2.05) is 6.92 Å². The van der Waals surface area contributed by atoms with Gasteiger partial charge in [-0.15, -0.1) is 0 Å². The number of anilines is 2. The number of amides is 2. The number of nitrogens with one attached hydrogen (secondary N) is 1. The van der Waals surface area contributed by atoms with Gasteiger partial charge in [0.25, 0.3) is 0 Å². The number of hydrogen-bond donors (Lipinski definition) is 1. The number of carbonyl (C=O) groups is 2. The number of sulfonamides is 1. The van der Waals surface area contributed by atoms with Crippen molar-refractivity contribution in [3.63, 3.8) is 0 Å². The lowest BCUT2D eigenvalue weighted by Gasteiger charge is -2.21. The summed E-state index contributed by atoms with van der Waals surface area (Å²) in [7, 11) is -2.62. The second-order valence-corrected chi connectivity index (χ2v) is 9.55. The Kier molecular flexibility index (Phi) is 5.96. The predicted octanol–water partition coefficient (Wildman–Crippen LogP) is 2.69. The normalized spacial score (nSPS) is 15.9. The lowest BCUT2D eigenvalue weighted by molar-refractivity contribution is -0.117. The summed E-state index contributed by atoms with van der Waals surface area (Å²) in [5.74, 6) is -1.14. The molecule has 0 unspecified atom stereocenters. The van der Waals surface area contributed by atoms with Crippen LogP contribution in [0.4, 0.5) is 15.8 Å². The average Bonchev–Trinajstić information content (AvgIpc) is 2.99. The van der Waals surface area contributed by atoms with Crippen LogP contribution in [0.15, 0.2) is 41.3 Å². The summed E-state index contributed by atoms with van der Waals surface area (Å²) in [5.41, 5.74) is 2.18. The lowest BCUT2D eigenvalue weighted by atomic mass is 10.1. The summed E-state index contributed by atoms with van der Waals surface area (Å²) < 4.78 is 40.4. The molecule has 1 heterocycles. The van der Waals surface area contributed by atoms with Crippen molar-refractivity contribution in [1.82, 2.24) is 4.31 Å². The molecule has 2 aromatic rings. The smallest absolute Gasteiger partial charge is 0.243 e. The zero-order valence-electron chi connectivity index (χ0n) is 17.3. The van der Waals surface area contributed by atoms with Crippen LogP contribution in [0.2, 0.25) is 0 Å². The van der Waals surface area contributed by atoms with Gasteiger partial charge in [0, 0.05) is 31.4 Å². The Hall–Kier alpha value is -2.78. The van der Waals surface area contributed by atoms with Crippen molar-refractivity contribution in [3.05, 3.63) is 53.3 Å². The minimum Gasteiger partial charge on any atom is -0.325 e. The third-order valence-corrected chi connectivity index (χ3v) is 6.94. The maximum Gasteiger partial charge on any atom is 0.243 e. The molecule has 9 heteroatoms. The highest BCUT2D eigenvalue weighted by Crippen LogP contribution is 2.34. The van der Waals surface area contributed by atoms with Gasteiger partial charge < -0.3 is 10.2 Å². The van der Waals surface area contributed by atoms with Crippen LogP contribution in [0, 0.1) is 12.7 Å². The number of fused-ring (bicyclic) bond motifs is 1. The topological polar surface area (TPSA) is 86.8 Å². The highest BCUT2D eigenvalue weighted by atomic mass is 32.2. The zero-order valence-corrected chi connectivity index (χ0v) is 18.1. The number of hydrogen-bond acceptors (Lipinski definition) is 4. The molecule has 1 atom stereocenters.